The Hall–Kier alpha value is -1.52. The van der Waals surface area contributed by atoms with Gasteiger partial charge in [-0.15, -0.1) is 0 Å². The summed E-state index contributed by atoms with van der Waals surface area (Å²) in [5.41, 5.74) is 0.668. The van der Waals surface area contributed by atoms with E-state index >= 15 is 0 Å². The summed E-state index contributed by atoms with van der Waals surface area (Å²) in [5, 5.41) is 13.1. The molecule has 0 bridgehead atoms. The standard InChI is InChI=1S/C8H12N2O3/c1-3-13-8(12)5-10-7(11)4-6(2)9-10/h4,11H,3,5H2,1-2H3. The molecule has 72 valence electrons. The van der Waals surface area contributed by atoms with Gasteiger partial charge in [0.2, 0.25) is 5.88 Å². The van der Waals surface area contributed by atoms with Crippen molar-refractivity contribution < 1.29 is 14.6 Å². The number of carbonyl (C=O) groups excluding carboxylic acids is 1. The van der Waals surface area contributed by atoms with Crippen LogP contribution < -0.4 is 0 Å². The number of aryl methyl sites for hydroxylation is 1. The van der Waals surface area contributed by atoms with Gasteiger partial charge in [-0.3, -0.25) is 4.79 Å². The van der Waals surface area contributed by atoms with Gasteiger partial charge in [0.1, 0.15) is 6.54 Å². The van der Waals surface area contributed by atoms with E-state index < -0.39 is 5.97 Å². The molecule has 5 heteroatoms. The molecule has 1 N–H and O–H groups in total. The lowest BCUT2D eigenvalue weighted by Crippen LogP contribution is -2.14. The first-order valence-electron chi connectivity index (χ1n) is 4.02. The van der Waals surface area contributed by atoms with E-state index in [4.69, 9.17) is 4.74 Å². The fourth-order valence-electron chi connectivity index (χ4n) is 0.977. The van der Waals surface area contributed by atoms with E-state index in [1.807, 2.05) is 0 Å². The lowest BCUT2D eigenvalue weighted by Gasteiger charge is -2.02. The van der Waals surface area contributed by atoms with E-state index in [-0.39, 0.29) is 12.4 Å². The summed E-state index contributed by atoms with van der Waals surface area (Å²) in [7, 11) is 0. The third kappa shape index (κ3) is 2.47. The highest BCUT2D eigenvalue weighted by molar-refractivity contribution is 5.69. The van der Waals surface area contributed by atoms with E-state index in [9.17, 15) is 9.90 Å². The highest BCUT2D eigenvalue weighted by Crippen LogP contribution is 2.09. The van der Waals surface area contributed by atoms with Gasteiger partial charge in [-0.25, -0.2) is 4.68 Å². The second kappa shape index (κ2) is 3.93. The summed E-state index contributed by atoms with van der Waals surface area (Å²) < 4.78 is 5.90. The van der Waals surface area contributed by atoms with Crippen molar-refractivity contribution in [3.8, 4) is 5.88 Å². The number of esters is 1. The first kappa shape index (κ1) is 9.57. The van der Waals surface area contributed by atoms with Gasteiger partial charge in [-0.05, 0) is 13.8 Å². The topological polar surface area (TPSA) is 64.4 Å². The predicted octanol–water partition coefficient (Wildman–Crippen LogP) is 0.460. The molecule has 1 rings (SSSR count). The van der Waals surface area contributed by atoms with E-state index in [0.717, 1.165) is 0 Å². The number of nitrogens with zero attached hydrogens (tertiary/aromatic N) is 2. The van der Waals surface area contributed by atoms with Gasteiger partial charge in [-0.1, -0.05) is 0 Å². The molecule has 0 radical (unpaired) electrons. The number of rotatable bonds is 3. The number of aromatic nitrogens is 2. The van der Waals surface area contributed by atoms with Crippen molar-refractivity contribution >= 4 is 5.97 Å². The van der Waals surface area contributed by atoms with Gasteiger partial charge >= 0.3 is 5.97 Å². The van der Waals surface area contributed by atoms with Gasteiger partial charge in [0.25, 0.3) is 0 Å². The molecule has 1 heterocycles. The summed E-state index contributed by atoms with van der Waals surface area (Å²) in [6.45, 7) is 3.75. The molecular weight excluding hydrogens is 172 g/mol. The summed E-state index contributed by atoms with van der Waals surface area (Å²) in [6, 6.07) is 1.49. The number of hydrogen-bond donors (Lipinski definition) is 1. The lowest BCUT2D eigenvalue weighted by atomic mass is 10.5. The quantitative estimate of drug-likeness (QED) is 0.693. The zero-order valence-corrected chi connectivity index (χ0v) is 7.65. The van der Waals surface area contributed by atoms with Crippen molar-refractivity contribution in [2.45, 2.75) is 20.4 Å². The van der Waals surface area contributed by atoms with Gasteiger partial charge in [0.15, 0.2) is 0 Å². The van der Waals surface area contributed by atoms with Crippen molar-refractivity contribution in [3.63, 3.8) is 0 Å². The first-order chi connectivity index (χ1) is 6.13. The molecule has 0 saturated heterocycles. The molecule has 0 atom stereocenters. The van der Waals surface area contributed by atoms with Crippen LogP contribution in [0, 0.1) is 6.92 Å². The summed E-state index contributed by atoms with van der Waals surface area (Å²) >= 11 is 0. The monoisotopic (exact) mass is 184 g/mol. The minimum absolute atomic E-state index is 0.0226. The maximum Gasteiger partial charge on any atom is 0.327 e. The third-order valence-corrected chi connectivity index (χ3v) is 1.47. The molecule has 0 aliphatic rings. The number of ether oxygens (including phenoxy) is 1. The summed E-state index contributed by atoms with van der Waals surface area (Å²) in [5.74, 6) is -0.425. The van der Waals surface area contributed by atoms with Crippen molar-refractivity contribution in [2.24, 2.45) is 0 Å². The van der Waals surface area contributed by atoms with E-state index in [1.54, 1.807) is 13.8 Å². The Kier molecular flexibility index (Phi) is 2.89. The highest BCUT2D eigenvalue weighted by atomic mass is 16.5. The Labute approximate surface area is 75.9 Å². The van der Waals surface area contributed by atoms with Crippen LogP contribution in [0.25, 0.3) is 0 Å². The fraction of sp³-hybridized carbons (Fsp3) is 0.500. The molecule has 13 heavy (non-hydrogen) atoms. The normalized spacial score (nSPS) is 10.0. The largest absolute Gasteiger partial charge is 0.493 e. The van der Waals surface area contributed by atoms with Gasteiger partial charge < -0.3 is 9.84 Å². The lowest BCUT2D eigenvalue weighted by molar-refractivity contribution is -0.144. The molecule has 0 unspecified atom stereocenters. The molecule has 1 aromatic rings. The Morgan fingerprint density at radius 2 is 2.46 bits per heavy atom. The average Bonchev–Trinajstić information content (AvgIpc) is 2.30. The van der Waals surface area contributed by atoms with Crippen molar-refractivity contribution in [1.29, 1.82) is 0 Å². The maximum absolute atomic E-state index is 11.0. The Morgan fingerprint density at radius 3 is 2.92 bits per heavy atom. The van der Waals surface area contributed by atoms with Crippen molar-refractivity contribution in [2.75, 3.05) is 6.61 Å². The van der Waals surface area contributed by atoms with Crippen LogP contribution in [0.3, 0.4) is 0 Å². The fourth-order valence-corrected chi connectivity index (χ4v) is 0.977. The predicted molar refractivity (Wildman–Crippen MR) is 45.3 cm³/mol. The molecule has 0 fully saturated rings. The van der Waals surface area contributed by atoms with Crippen LogP contribution in [0.4, 0.5) is 0 Å². The minimum Gasteiger partial charge on any atom is -0.493 e. The first-order valence-corrected chi connectivity index (χ1v) is 4.02. The number of aromatic hydroxyl groups is 1. The smallest absolute Gasteiger partial charge is 0.327 e. The molecule has 0 aliphatic heterocycles. The molecule has 0 saturated carbocycles. The van der Waals surface area contributed by atoms with Crippen molar-refractivity contribution in [1.82, 2.24) is 9.78 Å². The van der Waals surface area contributed by atoms with E-state index in [2.05, 4.69) is 5.10 Å². The number of hydrogen-bond acceptors (Lipinski definition) is 4. The van der Waals surface area contributed by atoms with Crippen LogP contribution in [-0.4, -0.2) is 27.5 Å². The van der Waals surface area contributed by atoms with Crippen LogP contribution in [0.1, 0.15) is 12.6 Å². The zero-order chi connectivity index (χ0) is 9.84. The molecular formula is C8H12N2O3. The minimum atomic E-state index is -0.402. The van der Waals surface area contributed by atoms with Crippen LogP contribution >= 0.6 is 0 Å². The molecule has 0 aromatic carbocycles. The Balaban J connectivity index is 2.63. The van der Waals surface area contributed by atoms with Gasteiger partial charge in [0, 0.05) is 6.07 Å². The maximum atomic E-state index is 11.0. The Morgan fingerprint density at radius 1 is 1.77 bits per heavy atom. The third-order valence-electron chi connectivity index (χ3n) is 1.47. The Bertz CT molecular complexity index is 306. The number of carbonyl (C=O) groups is 1. The molecule has 1 aromatic heterocycles. The van der Waals surface area contributed by atoms with E-state index in [1.165, 1.54) is 10.7 Å². The summed E-state index contributed by atoms with van der Waals surface area (Å²) in [4.78, 5) is 11.0. The molecule has 0 spiro atoms. The molecule has 0 aliphatic carbocycles. The highest BCUT2D eigenvalue weighted by Gasteiger charge is 2.08. The van der Waals surface area contributed by atoms with Crippen LogP contribution in [0.5, 0.6) is 5.88 Å². The van der Waals surface area contributed by atoms with Crippen LogP contribution in [-0.2, 0) is 16.1 Å². The second-order valence-corrected chi connectivity index (χ2v) is 2.61. The van der Waals surface area contributed by atoms with Crippen molar-refractivity contribution in [3.05, 3.63) is 11.8 Å². The van der Waals surface area contributed by atoms with E-state index in [0.29, 0.717) is 12.3 Å². The SMILES string of the molecule is CCOC(=O)Cn1nc(C)cc1O. The zero-order valence-electron chi connectivity index (χ0n) is 7.65. The van der Waals surface area contributed by atoms with Gasteiger partial charge in [0.05, 0.1) is 12.3 Å². The van der Waals surface area contributed by atoms with Crippen LogP contribution in [0.2, 0.25) is 0 Å². The molecule has 0 amide bonds. The van der Waals surface area contributed by atoms with Crippen LogP contribution in [0.15, 0.2) is 6.07 Å². The molecule has 5 nitrogen and oxygen atoms in total. The second-order valence-electron chi connectivity index (χ2n) is 2.61. The average molecular weight is 184 g/mol. The van der Waals surface area contributed by atoms with Gasteiger partial charge in [-0.2, -0.15) is 5.10 Å². The summed E-state index contributed by atoms with van der Waals surface area (Å²) in [6.07, 6.45) is 0.